The van der Waals surface area contributed by atoms with E-state index in [-0.39, 0.29) is 5.75 Å². The topological polar surface area (TPSA) is 116 Å². The Labute approximate surface area is 175 Å². The molecule has 1 unspecified atom stereocenters. The Balaban J connectivity index is 2.20. The van der Waals surface area contributed by atoms with Crippen LogP contribution < -0.4 is 15.2 Å². The highest BCUT2D eigenvalue weighted by Gasteiger charge is 2.45. The van der Waals surface area contributed by atoms with Gasteiger partial charge in [0, 0.05) is 17.7 Å². The van der Waals surface area contributed by atoms with Crippen LogP contribution in [0, 0.1) is 0 Å². The summed E-state index contributed by atoms with van der Waals surface area (Å²) in [5.74, 6) is -0.640. The first-order valence-electron chi connectivity index (χ1n) is 9.38. The standard InChI is InChI=1S/C21H24N2O6S/c1-4-29-18-11-13(9-10-17(18)28-2)16(12-30(3,26)27)19-14-7-5-6-8-15(14)20(24)23(19)21(22)25/h5-11,16,19H,4,12H2,1-3H3,(H2,22,25)/t16-,19?/m0/s1. The van der Waals surface area contributed by atoms with Crippen molar-refractivity contribution in [1.29, 1.82) is 0 Å². The monoisotopic (exact) mass is 432 g/mol. The van der Waals surface area contributed by atoms with E-state index in [0.717, 1.165) is 11.2 Å². The van der Waals surface area contributed by atoms with Gasteiger partial charge in [-0.2, -0.15) is 0 Å². The van der Waals surface area contributed by atoms with Gasteiger partial charge in [0.05, 0.1) is 25.5 Å². The molecule has 2 aromatic carbocycles. The summed E-state index contributed by atoms with van der Waals surface area (Å²) in [7, 11) is -1.97. The van der Waals surface area contributed by atoms with E-state index in [1.165, 1.54) is 7.11 Å². The molecule has 8 nitrogen and oxygen atoms in total. The van der Waals surface area contributed by atoms with Crippen molar-refractivity contribution < 1.29 is 27.5 Å². The van der Waals surface area contributed by atoms with Gasteiger partial charge in [0.15, 0.2) is 11.5 Å². The summed E-state index contributed by atoms with van der Waals surface area (Å²) in [6, 6.07) is 10.0. The van der Waals surface area contributed by atoms with Crippen LogP contribution in [0.2, 0.25) is 0 Å². The maximum absolute atomic E-state index is 12.9. The first kappa shape index (κ1) is 21.6. The van der Waals surface area contributed by atoms with Crippen LogP contribution in [0.1, 0.15) is 40.4 Å². The molecule has 2 aromatic rings. The van der Waals surface area contributed by atoms with Crippen molar-refractivity contribution in [2.75, 3.05) is 25.7 Å². The number of primary amides is 1. The van der Waals surface area contributed by atoms with E-state index >= 15 is 0 Å². The van der Waals surface area contributed by atoms with Crippen molar-refractivity contribution in [3.05, 3.63) is 59.2 Å². The van der Waals surface area contributed by atoms with Crippen molar-refractivity contribution in [2.45, 2.75) is 18.9 Å². The predicted octanol–water partition coefficient (Wildman–Crippen LogP) is 2.50. The highest BCUT2D eigenvalue weighted by Crippen LogP contribution is 2.45. The van der Waals surface area contributed by atoms with E-state index in [1.54, 1.807) is 42.5 Å². The van der Waals surface area contributed by atoms with Gasteiger partial charge in [0.1, 0.15) is 9.84 Å². The van der Waals surface area contributed by atoms with E-state index < -0.39 is 33.7 Å². The number of fused-ring (bicyclic) bond motifs is 1. The molecule has 9 heteroatoms. The second-order valence-electron chi connectivity index (χ2n) is 7.09. The molecule has 2 atom stereocenters. The average molecular weight is 432 g/mol. The minimum atomic E-state index is -3.48. The fraction of sp³-hybridized carbons (Fsp3) is 0.333. The van der Waals surface area contributed by atoms with Crippen LogP contribution >= 0.6 is 0 Å². The predicted molar refractivity (Wildman–Crippen MR) is 112 cm³/mol. The van der Waals surface area contributed by atoms with Crippen LogP contribution in [0.15, 0.2) is 42.5 Å². The Morgan fingerprint density at radius 2 is 1.90 bits per heavy atom. The van der Waals surface area contributed by atoms with Gasteiger partial charge in [-0.3, -0.25) is 9.69 Å². The molecule has 3 rings (SSSR count). The largest absolute Gasteiger partial charge is 0.493 e. The molecule has 3 amide bonds. The SMILES string of the molecule is CCOc1cc([C@H](CS(C)(=O)=O)C2c3ccccc3C(=O)N2C(N)=O)ccc1OC. The van der Waals surface area contributed by atoms with Gasteiger partial charge < -0.3 is 15.2 Å². The summed E-state index contributed by atoms with van der Waals surface area (Å²) in [6.07, 6.45) is 1.12. The zero-order chi connectivity index (χ0) is 22.1. The summed E-state index contributed by atoms with van der Waals surface area (Å²) >= 11 is 0. The Morgan fingerprint density at radius 3 is 2.50 bits per heavy atom. The van der Waals surface area contributed by atoms with Gasteiger partial charge in [0.2, 0.25) is 0 Å². The van der Waals surface area contributed by atoms with Crippen LogP contribution in [0.3, 0.4) is 0 Å². The number of sulfone groups is 1. The Morgan fingerprint density at radius 1 is 1.20 bits per heavy atom. The number of ether oxygens (including phenoxy) is 2. The van der Waals surface area contributed by atoms with Gasteiger partial charge in [-0.25, -0.2) is 13.2 Å². The van der Waals surface area contributed by atoms with E-state index in [1.807, 2.05) is 6.92 Å². The molecule has 1 aliphatic heterocycles. The molecule has 0 saturated heterocycles. The third-order valence-electron chi connectivity index (χ3n) is 5.02. The quantitative estimate of drug-likeness (QED) is 0.719. The molecule has 0 spiro atoms. The van der Waals surface area contributed by atoms with Gasteiger partial charge in [-0.1, -0.05) is 24.3 Å². The maximum Gasteiger partial charge on any atom is 0.322 e. The summed E-state index contributed by atoms with van der Waals surface area (Å²) in [4.78, 5) is 26.0. The first-order valence-corrected chi connectivity index (χ1v) is 11.4. The fourth-order valence-corrected chi connectivity index (χ4v) is 4.89. The van der Waals surface area contributed by atoms with E-state index in [4.69, 9.17) is 15.2 Å². The lowest BCUT2D eigenvalue weighted by Gasteiger charge is -2.30. The molecule has 30 heavy (non-hydrogen) atoms. The molecule has 1 aliphatic rings. The first-order chi connectivity index (χ1) is 14.2. The van der Waals surface area contributed by atoms with E-state index in [2.05, 4.69) is 0 Å². The number of nitrogens with two attached hydrogens (primary N) is 1. The molecule has 0 bridgehead atoms. The molecule has 0 aromatic heterocycles. The third-order valence-corrected chi connectivity index (χ3v) is 5.99. The number of hydrogen-bond donors (Lipinski definition) is 1. The average Bonchev–Trinajstić information content (AvgIpc) is 2.98. The van der Waals surface area contributed by atoms with Crippen molar-refractivity contribution in [1.82, 2.24) is 4.90 Å². The van der Waals surface area contributed by atoms with Crippen molar-refractivity contribution >= 4 is 21.8 Å². The third kappa shape index (κ3) is 4.11. The van der Waals surface area contributed by atoms with Gasteiger partial charge in [0.25, 0.3) is 5.91 Å². The lowest BCUT2D eigenvalue weighted by atomic mass is 9.88. The lowest BCUT2D eigenvalue weighted by Crippen LogP contribution is -2.41. The zero-order valence-corrected chi connectivity index (χ0v) is 17.8. The smallest absolute Gasteiger partial charge is 0.322 e. The van der Waals surface area contributed by atoms with E-state index in [0.29, 0.717) is 34.8 Å². The van der Waals surface area contributed by atoms with Gasteiger partial charge in [-0.15, -0.1) is 0 Å². The fourth-order valence-electron chi connectivity index (χ4n) is 3.87. The zero-order valence-electron chi connectivity index (χ0n) is 17.0. The highest BCUT2D eigenvalue weighted by molar-refractivity contribution is 7.90. The number of nitrogens with zero attached hydrogens (tertiary/aromatic N) is 1. The van der Waals surface area contributed by atoms with Crippen LogP contribution in [-0.4, -0.2) is 51.0 Å². The van der Waals surface area contributed by atoms with Crippen LogP contribution in [0.4, 0.5) is 4.79 Å². The van der Waals surface area contributed by atoms with E-state index in [9.17, 15) is 18.0 Å². The molecule has 0 saturated carbocycles. The highest BCUT2D eigenvalue weighted by atomic mass is 32.2. The molecule has 2 N–H and O–H groups in total. The summed E-state index contributed by atoms with van der Waals surface area (Å²) in [5.41, 5.74) is 7.01. The Kier molecular flexibility index (Phi) is 6.02. The van der Waals surface area contributed by atoms with Crippen molar-refractivity contribution in [2.24, 2.45) is 5.73 Å². The molecule has 160 valence electrons. The summed E-state index contributed by atoms with van der Waals surface area (Å²) in [5, 5.41) is 0. The number of carbonyl (C=O) groups excluding carboxylic acids is 2. The van der Waals surface area contributed by atoms with Gasteiger partial charge >= 0.3 is 6.03 Å². The lowest BCUT2D eigenvalue weighted by molar-refractivity contribution is 0.0776. The number of methoxy groups -OCH3 is 1. The Hall–Kier alpha value is -3.07. The maximum atomic E-state index is 12.9. The summed E-state index contributed by atoms with van der Waals surface area (Å²) < 4.78 is 35.5. The summed E-state index contributed by atoms with van der Waals surface area (Å²) in [6.45, 7) is 2.20. The number of rotatable bonds is 7. The number of hydrogen-bond acceptors (Lipinski definition) is 6. The number of benzene rings is 2. The van der Waals surface area contributed by atoms with Crippen LogP contribution in [0.5, 0.6) is 11.5 Å². The molecule has 1 heterocycles. The molecule has 0 aliphatic carbocycles. The molecular formula is C21H24N2O6S. The number of amides is 3. The van der Waals surface area contributed by atoms with Crippen LogP contribution in [0.25, 0.3) is 0 Å². The van der Waals surface area contributed by atoms with Crippen LogP contribution in [-0.2, 0) is 9.84 Å². The Bertz CT molecular complexity index is 1080. The number of urea groups is 1. The number of carbonyl (C=O) groups is 2. The minimum absolute atomic E-state index is 0.291. The molecular weight excluding hydrogens is 408 g/mol. The van der Waals surface area contributed by atoms with Crippen molar-refractivity contribution in [3.8, 4) is 11.5 Å². The second-order valence-corrected chi connectivity index (χ2v) is 9.27. The molecule has 0 fully saturated rings. The van der Waals surface area contributed by atoms with Crippen molar-refractivity contribution in [3.63, 3.8) is 0 Å². The number of imide groups is 1. The molecule has 0 radical (unpaired) electrons. The second kappa shape index (κ2) is 8.35. The minimum Gasteiger partial charge on any atom is -0.493 e. The normalized spacial score (nSPS) is 16.8. The van der Waals surface area contributed by atoms with Gasteiger partial charge in [-0.05, 0) is 36.2 Å².